The first kappa shape index (κ1) is 23.5. The summed E-state index contributed by atoms with van der Waals surface area (Å²) in [6.07, 6.45) is 4.80. The van der Waals surface area contributed by atoms with Crippen LogP contribution in [0.5, 0.6) is 5.75 Å². The summed E-state index contributed by atoms with van der Waals surface area (Å²) in [4.78, 5) is 28.0. The Bertz CT molecular complexity index is 1240. The molecule has 0 radical (unpaired) electrons. The van der Waals surface area contributed by atoms with E-state index in [1.807, 2.05) is 38.2 Å². The molecule has 2 aliphatic heterocycles. The number of hydrogen-bond acceptors (Lipinski definition) is 8. The number of pyridine rings is 1. The molecule has 1 aromatic carbocycles. The Labute approximate surface area is 207 Å². The van der Waals surface area contributed by atoms with Gasteiger partial charge in [0.1, 0.15) is 27.8 Å². The van der Waals surface area contributed by atoms with Crippen LogP contribution >= 0.6 is 11.8 Å². The van der Waals surface area contributed by atoms with Gasteiger partial charge in [-0.15, -0.1) is 11.8 Å². The van der Waals surface area contributed by atoms with Gasteiger partial charge in [0.25, 0.3) is 5.91 Å². The van der Waals surface area contributed by atoms with Crippen LogP contribution in [0.25, 0.3) is 22.6 Å². The number of thioether (sulfide) groups is 1. The summed E-state index contributed by atoms with van der Waals surface area (Å²) < 4.78 is 21.3. The minimum atomic E-state index is -0.739. The molecular weight excluding hydrogens is 467 g/mol. The summed E-state index contributed by atoms with van der Waals surface area (Å²) in [5.74, 6) is -0.276. The van der Waals surface area contributed by atoms with Crippen LogP contribution in [0.15, 0.2) is 42.7 Å². The maximum Gasteiger partial charge on any atom is 0.255 e. The minimum Gasteiger partial charge on any atom is -0.494 e. The lowest BCUT2D eigenvalue weighted by atomic mass is 10.0. The number of nitrogens with zero attached hydrogens (tertiary/aromatic N) is 4. The van der Waals surface area contributed by atoms with Crippen molar-refractivity contribution >= 4 is 23.5 Å². The fourth-order valence-corrected chi connectivity index (χ4v) is 5.87. The Hall–Kier alpha value is -3.24. The van der Waals surface area contributed by atoms with E-state index in [1.165, 1.54) is 18.5 Å². The highest BCUT2D eigenvalue weighted by Gasteiger charge is 2.57. The van der Waals surface area contributed by atoms with Gasteiger partial charge in [-0.25, -0.2) is 19.3 Å². The summed E-state index contributed by atoms with van der Waals surface area (Å²) in [6.45, 7) is 4.17. The third kappa shape index (κ3) is 4.81. The van der Waals surface area contributed by atoms with Gasteiger partial charge in [0, 0.05) is 17.4 Å². The molecule has 2 fully saturated rings. The molecule has 2 atom stereocenters. The van der Waals surface area contributed by atoms with Gasteiger partial charge in [-0.3, -0.25) is 4.79 Å². The normalized spacial score (nSPS) is 21.6. The van der Waals surface area contributed by atoms with Crippen molar-refractivity contribution in [3.63, 3.8) is 0 Å². The van der Waals surface area contributed by atoms with Crippen molar-refractivity contribution in [1.82, 2.24) is 25.2 Å². The summed E-state index contributed by atoms with van der Waals surface area (Å²) in [5, 5.41) is 3.47. The van der Waals surface area contributed by atoms with E-state index < -0.39 is 16.6 Å². The molecule has 8 nitrogen and oxygen atoms in total. The number of rotatable bonds is 6. The van der Waals surface area contributed by atoms with Crippen molar-refractivity contribution in [1.29, 1.82) is 0 Å². The van der Waals surface area contributed by atoms with Crippen LogP contribution in [0, 0.1) is 5.82 Å². The molecule has 2 saturated heterocycles. The van der Waals surface area contributed by atoms with Gasteiger partial charge in [-0.2, -0.15) is 0 Å². The predicted octanol–water partition coefficient (Wildman–Crippen LogP) is 3.59. The number of nitrogen functional groups attached to an aromatic ring is 1. The van der Waals surface area contributed by atoms with Gasteiger partial charge in [-0.05, 0) is 63.7 Å². The Morgan fingerprint density at radius 1 is 1.29 bits per heavy atom. The first-order valence-corrected chi connectivity index (χ1v) is 12.5. The summed E-state index contributed by atoms with van der Waals surface area (Å²) in [6, 6.07) is 8.79. The van der Waals surface area contributed by atoms with Gasteiger partial charge >= 0.3 is 0 Å². The first-order chi connectivity index (χ1) is 16.9. The molecule has 0 saturated carbocycles. The Morgan fingerprint density at radius 3 is 2.80 bits per heavy atom. The van der Waals surface area contributed by atoms with Gasteiger partial charge in [0.2, 0.25) is 0 Å². The summed E-state index contributed by atoms with van der Waals surface area (Å²) in [5.41, 5.74) is 6.89. The van der Waals surface area contributed by atoms with Gasteiger partial charge in [0.15, 0.2) is 5.82 Å². The number of fused-ring (bicyclic) bond motifs is 1. The maximum absolute atomic E-state index is 15.8. The number of likely N-dealkylation sites (tertiary alicyclic amines) is 1. The van der Waals surface area contributed by atoms with Crippen LogP contribution < -0.4 is 15.8 Å². The van der Waals surface area contributed by atoms with E-state index in [-0.39, 0.29) is 22.8 Å². The number of likely N-dealkylation sites (N-methyl/N-ethyl adjacent to an activating group) is 1. The van der Waals surface area contributed by atoms with Crippen molar-refractivity contribution in [3.05, 3.63) is 54.1 Å². The monoisotopic (exact) mass is 494 g/mol. The second-order valence-electron chi connectivity index (χ2n) is 8.83. The largest absolute Gasteiger partial charge is 0.494 e. The van der Waals surface area contributed by atoms with E-state index in [9.17, 15) is 4.79 Å². The van der Waals surface area contributed by atoms with E-state index >= 15 is 4.39 Å². The Kier molecular flexibility index (Phi) is 6.33. The lowest BCUT2D eigenvalue weighted by Gasteiger charge is -2.22. The van der Waals surface area contributed by atoms with E-state index in [0.29, 0.717) is 23.3 Å². The zero-order chi connectivity index (χ0) is 24.6. The number of carbonyl (C=O) groups is 1. The lowest BCUT2D eigenvalue weighted by Crippen LogP contribution is -2.46. The number of hydrogen-bond donors (Lipinski definition) is 2. The van der Waals surface area contributed by atoms with Gasteiger partial charge < -0.3 is 20.7 Å². The second-order valence-corrected chi connectivity index (χ2v) is 10.4. The average molecular weight is 495 g/mol. The smallest absolute Gasteiger partial charge is 0.255 e. The number of nitrogens with one attached hydrogen (secondary N) is 1. The van der Waals surface area contributed by atoms with Gasteiger partial charge in [-0.1, -0.05) is 0 Å². The number of amides is 1. The Morgan fingerprint density at radius 2 is 2.09 bits per heavy atom. The number of anilines is 1. The fourth-order valence-electron chi connectivity index (χ4n) is 4.45. The third-order valence-corrected chi connectivity index (χ3v) is 7.83. The third-order valence-electron chi connectivity index (χ3n) is 6.23. The van der Waals surface area contributed by atoms with E-state index in [4.69, 9.17) is 10.5 Å². The average Bonchev–Trinajstić information content (AvgIpc) is 3.53. The Balaban J connectivity index is 1.54. The maximum atomic E-state index is 15.8. The first-order valence-electron chi connectivity index (χ1n) is 11.6. The number of halogens is 1. The quantitative estimate of drug-likeness (QED) is 0.501. The van der Waals surface area contributed by atoms with Gasteiger partial charge in [0.05, 0.1) is 30.3 Å². The van der Waals surface area contributed by atoms with Crippen LogP contribution in [0.3, 0.4) is 0 Å². The van der Waals surface area contributed by atoms with Crippen LogP contribution in [0.4, 0.5) is 10.2 Å². The molecule has 5 rings (SSSR count). The number of ether oxygens (including phenoxy) is 1. The highest BCUT2D eigenvalue weighted by molar-refractivity contribution is 8.08. The molecule has 3 aromatic rings. The van der Waals surface area contributed by atoms with E-state index in [2.05, 4.69) is 25.2 Å². The minimum absolute atomic E-state index is 0.0514. The molecule has 35 heavy (non-hydrogen) atoms. The molecule has 2 aromatic heterocycles. The van der Waals surface area contributed by atoms with E-state index in [0.717, 1.165) is 31.5 Å². The molecule has 0 spiro atoms. The highest BCUT2D eigenvalue weighted by atomic mass is 32.2. The zero-order valence-electron chi connectivity index (χ0n) is 19.6. The molecular formula is C25H27FN6O2S. The summed E-state index contributed by atoms with van der Waals surface area (Å²) in [7, 11) is 2.05. The van der Waals surface area contributed by atoms with Crippen molar-refractivity contribution in [3.8, 4) is 28.4 Å². The van der Waals surface area contributed by atoms with Crippen molar-refractivity contribution < 1.29 is 13.9 Å². The molecule has 1 unspecified atom stereocenters. The molecule has 0 aliphatic carbocycles. The highest BCUT2D eigenvalue weighted by Crippen LogP contribution is 2.55. The predicted molar refractivity (Wildman–Crippen MR) is 135 cm³/mol. The standard InChI is InChI=1S/C25H27FN6O2S/c1-3-34-16-8-6-15(7-9-16)18-11-17(22(26)23(30-18)19-12-29-21(27)13-28-19)24(33)31-25-14-32(2)10-4-5-20(25)35-25/h6-9,11-13,20H,3-5,10,14H2,1-2H3,(H2,27,29)(H,31,33)/t20?,25-/m1/s1. The topological polar surface area (TPSA) is 106 Å². The number of aromatic nitrogens is 3. The number of carbonyl (C=O) groups excluding carboxylic acids is 1. The van der Waals surface area contributed by atoms with Crippen molar-refractivity contribution in [2.24, 2.45) is 0 Å². The SMILES string of the molecule is CCOc1ccc(-c2cc(C(=O)N[C@@]34CN(C)CCCC3S4)c(F)c(-c3cnc(N)cn3)n2)cc1. The number of nitrogens with two attached hydrogens (primary N) is 1. The molecule has 182 valence electrons. The number of benzene rings is 1. The summed E-state index contributed by atoms with van der Waals surface area (Å²) >= 11 is 1.74. The lowest BCUT2D eigenvalue weighted by molar-refractivity contribution is 0.0925. The molecule has 10 heteroatoms. The van der Waals surface area contributed by atoms with Crippen LogP contribution in [-0.4, -0.2) is 62.6 Å². The molecule has 3 N–H and O–H groups in total. The zero-order valence-corrected chi connectivity index (χ0v) is 20.4. The fraction of sp³-hybridized carbons (Fsp3) is 0.360. The molecule has 0 bridgehead atoms. The second kappa shape index (κ2) is 9.43. The van der Waals surface area contributed by atoms with Crippen molar-refractivity contribution in [2.45, 2.75) is 29.9 Å². The van der Waals surface area contributed by atoms with Crippen LogP contribution in [0.1, 0.15) is 30.1 Å². The van der Waals surface area contributed by atoms with E-state index in [1.54, 1.807) is 11.8 Å². The van der Waals surface area contributed by atoms with Crippen LogP contribution in [-0.2, 0) is 0 Å². The molecule has 1 amide bonds. The van der Waals surface area contributed by atoms with Crippen molar-refractivity contribution in [2.75, 3.05) is 32.5 Å². The molecule has 2 aliphatic rings. The molecule has 4 heterocycles. The van der Waals surface area contributed by atoms with Crippen LogP contribution in [0.2, 0.25) is 0 Å².